The van der Waals surface area contributed by atoms with E-state index in [0.717, 1.165) is 29.9 Å². The molecule has 2 aromatic rings. The van der Waals surface area contributed by atoms with E-state index in [2.05, 4.69) is 4.90 Å². The molecule has 1 aliphatic rings. The fraction of sp³-hybridized carbons (Fsp3) is 0.250. The lowest BCUT2D eigenvalue weighted by Crippen LogP contribution is -2.12. The summed E-state index contributed by atoms with van der Waals surface area (Å²) in [5.74, 6) is 1.33. The first-order valence-electron chi connectivity index (χ1n) is 6.76. The fourth-order valence-electron chi connectivity index (χ4n) is 2.35. The van der Waals surface area contributed by atoms with Crippen LogP contribution in [0.1, 0.15) is 16.9 Å². The molecular formula is C16H17NO3S. The molecule has 0 atom stereocenters. The largest absolute Gasteiger partial charge is 0.504 e. The number of likely N-dealkylation sites (N-methyl/N-ethyl adjacent to an activating group) is 1. The van der Waals surface area contributed by atoms with E-state index in [-0.39, 0.29) is 11.5 Å². The highest BCUT2D eigenvalue weighted by Gasteiger charge is 2.18. The van der Waals surface area contributed by atoms with Crippen LogP contribution in [0.5, 0.6) is 11.5 Å². The summed E-state index contributed by atoms with van der Waals surface area (Å²) in [7, 11) is 2.01. The lowest BCUT2D eigenvalue weighted by molar-refractivity contribution is 0.393. The first-order chi connectivity index (χ1) is 10.1. The van der Waals surface area contributed by atoms with Crippen molar-refractivity contribution in [3.8, 4) is 11.5 Å². The van der Waals surface area contributed by atoms with Gasteiger partial charge in [-0.3, -0.25) is 0 Å². The van der Waals surface area contributed by atoms with Gasteiger partial charge in [-0.05, 0) is 48.0 Å². The molecule has 0 saturated carbocycles. The van der Waals surface area contributed by atoms with Crippen molar-refractivity contribution in [2.75, 3.05) is 13.6 Å². The standard InChI is InChI=1S/C16H17NO3S/c1-17-6-4-11-9-14(18)15(19)16(13(11)5-7-17)21-10-12-3-2-8-20-12/h2-3,5,7-9,18-19H,4,6,10H2,1H3. The number of fused-ring (bicyclic) bond motifs is 1. The Hall–Kier alpha value is -2.01. The van der Waals surface area contributed by atoms with Gasteiger partial charge in [0.15, 0.2) is 11.5 Å². The molecule has 3 rings (SSSR count). The summed E-state index contributed by atoms with van der Waals surface area (Å²) < 4.78 is 5.32. The Balaban J connectivity index is 1.97. The minimum absolute atomic E-state index is 0.0560. The Morgan fingerprint density at radius 1 is 1.38 bits per heavy atom. The molecule has 0 bridgehead atoms. The number of nitrogens with zero attached hydrogens (tertiary/aromatic N) is 1. The SMILES string of the molecule is CN1C=Cc2c(cc(O)c(O)c2SCc2ccco2)CC1. The van der Waals surface area contributed by atoms with Crippen LogP contribution in [0.2, 0.25) is 0 Å². The average molecular weight is 303 g/mol. The van der Waals surface area contributed by atoms with Gasteiger partial charge in [-0.2, -0.15) is 0 Å². The van der Waals surface area contributed by atoms with Gasteiger partial charge >= 0.3 is 0 Å². The van der Waals surface area contributed by atoms with Crippen LogP contribution in [0.4, 0.5) is 0 Å². The second-order valence-corrected chi connectivity index (χ2v) is 6.05. The van der Waals surface area contributed by atoms with Crippen molar-refractivity contribution in [3.63, 3.8) is 0 Å². The van der Waals surface area contributed by atoms with Crippen LogP contribution in [-0.2, 0) is 12.2 Å². The molecule has 1 aromatic heterocycles. The quantitative estimate of drug-likeness (QED) is 0.672. The number of aromatic hydroxyl groups is 2. The van der Waals surface area contributed by atoms with E-state index in [1.54, 1.807) is 12.3 Å². The molecule has 0 saturated heterocycles. The van der Waals surface area contributed by atoms with E-state index in [1.807, 2.05) is 31.5 Å². The zero-order valence-electron chi connectivity index (χ0n) is 11.7. The van der Waals surface area contributed by atoms with Crippen LogP contribution >= 0.6 is 11.8 Å². The summed E-state index contributed by atoms with van der Waals surface area (Å²) in [5.41, 5.74) is 2.03. The van der Waals surface area contributed by atoms with Gasteiger partial charge in [0, 0.05) is 13.6 Å². The van der Waals surface area contributed by atoms with Crippen LogP contribution in [0.15, 0.2) is 40.0 Å². The highest BCUT2D eigenvalue weighted by Crippen LogP contribution is 2.43. The van der Waals surface area contributed by atoms with E-state index >= 15 is 0 Å². The molecule has 21 heavy (non-hydrogen) atoms. The first kappa shape index (κ1) is 13.9. The average Bonchev–Trinajstić information content (AvgIpc) is 2.92. The Morgan fingerprint density at radius 3 is 3.00 bits per heavy atom. The van der Waals surface area contributed by atoms with Crippen molar-refractivity contribution in [2.45, 2.75) is 17.1 Å². The topological polar surface area (TPSA) is 56.8 Å². The number of hydrogen-bond acceptors (Lipinski definition) is 5. The maximum atomic E-state index is 10.2. The Bertz CT molecular complexity index is 665. The van der Waals surface area contributed by atoms with Crippen molar-refractivity contribution in [1.82, 2.24) is 4.90 Å². The van der Waals surface area contributed by atoms with Gasteiger partial charge in [-0.15, -0.1) is 11.8 Å². The second kappa shape index (κ2) is 5.77. The minimum atomic E-state index is -0.0614. The number of furan rings is 1. The number of thioether (sulfide) groups is 1. The second-order valence-electron chi connectivity index (χ2n) is 5.06. The zero-order chi connectivity index (χ0) is 14.8. The van der Waals surface area contributed by atoms with E-state index < -0.39 is 0 Å². The zero-order valence-corrected chi connectivity index (χ0v) is 12.6. The number of benzene rings is 1. The van der Waals surface area contributed by atoms with E-state index in [4.69, 9.17) is 4.42 Å². The van der Waals surface area contributed by atoms with Crippen molar-refractivity contribution in [3.05, 3.63) is 47.5 Å². The van der Waals surface area contributed by atoms with Crippen molar-refractivity contribution < 1.29 is 14.6 Å². The third-order valence-electron chi connectivity index (χ3n) is 3.53. The molecule has 4 nitrogen and oxygen atoms in total. The van der Waals surface area contributed by atoms with Gasteiger partial charge in [-0.1, -0.05) is 0 Å². The minimum Gasteiger partial charge on any atom is -0.504 e. The predicted octanol–water partition coefficient (Wildman–Crippen LogP) is 3.44. The molecule has 0 spiro atoms. The fourth-order valence-corrected chi connectivity index (χ4v) is 3.39. The first-order valence-corrected chi connectivity index (χ1v) is 7.75. The number of rotatable bonds is 3. The highest BCUT2D eigenvalue weighted by molar-refractivity contribution is 7.98. The van der Waals surface area contributed by atoms with Crippen LogP contribution in [0.25, 0.3) is 6.08 Å². The third-order valence-corrected chi connectivity index (χ3v) is 4.66. The summed E-state index contributed by atoms with van der Waals surface area (Å²) >= 11 is 1.47. The number of hydrogen-bond donors (Lipinski definition) is 2. The summed E-state index contributed by atoms with van der Waals surface area (Å²) in [6.45, 7) is 0.885. The Morgan fingerprint density at radius 2 is 2.24 bits per heavy atom. The molecule has 5 heteroatoms. The van der Waals surface area contributed by atoms with Crippen LogP contribution in [0.3, 0.4) is 0 Å². The van der Waals surface area contributed by atoms with Crippen LogP contribution in [0, 0.1) is 0 Å². The van der Waals surface area contributed by atoms with Crippen LogP contribution in [-0.4, -0.2) is 28.7 Å². The Kier molecular flexibility index (Phi) is 3.84. The van der Waals surface area contributed by atoms with Gasteiger partial charge < -0.3 is 19.5 Å². The molecule has 1 aromatic carbocycles. The molecule has 2 N–H and O–H groups in total. The molecule has 0 aliphatic carbocycles. The van der Waals surface area contributed by atoms with Gasteiger partial charge in [0.05, 0.1) is 16.9 Å². The lowest BCUT2D eigenvalue weighted by atomic mass is 10.0. The van der Waals surface area contributed by atoms with Gasteiger partial charge in [0.1, 0.15) is 5.76 Å². The Labute approximate surface area is 127 Å². The summed E-state index contributed by atoms with van der Waals surface area (Å²) in [6, 6.07) is 5.40. The molecular weight excluding hydrogens is 286 g/mol. The molecule has 110 valence electrons. The van der Waals surface area contributed by atoms with Crippen LogP contribution < -0.4 is 0 Å². The summed E-state index contributed by atoms with van der Waals surface area (Å²) in [4.78, 5) is 2.79. The van der Waals surface area contributed by atoms with Crippen molar-refractivity contribution >= 4 is 17.8 Å². The number of phenols is 2. The predicted molar refractivity (Wildman–Crippen MR) is 83.4 cm³/mol. The lowest BCUT2D eigenvalue weighted by Gasteiger charge is -2.13. The van der Waals surface area contributed by atoms with Gasteiger partial charge in [0.2, 0.25) is 0 Å². The molecule has 1 aliphatic heterocycles. The molecule has 0 radical (unpaired) electrons. The highest BCUT2D eigenvalue weighted by atomic mass is 32.2. The monoisotopic (exact) mass is 303 g/mol. The van der Waals surface area contributed by atoms with E-state index in [0.29, 0.717) is 10.6 Å². The maximum absolute atomic E-state index is 10.2. The summed E-state index contributed by atoms with van der Waals surface area (Å²) in [6.07, 6.45) is 6.46. The molecule has 0 fully saturated rings. The third kappa shape index (κ3) is 2.88. The smallest absolute Gasteiger partial charge is 0.171 e. The summed E-state index contributed by atoms with van der Waals surface area (Å²) in [5, 5.41) is 20.1. The van der Waals surface area contributed by atoms with E-state index in [9.17, 15) is 10.2 Å². The molecule has 0 amide bonds. The number of phenolic OH excluding ortho intramolecular Hbond substituents is 2. The van der Waals surface area contributed by atoms with Crippen molar-refractivity contribution in [1.29, 1.82) is 0 Å². The van der Waals surface area contributed by atoms with Gasteiger partial charge in [-0.25, -0.2) is 0 Å². The van der Waals surface area contributed by atoms with E-state index in [1.165, 1.54) is 11.8 Å². The molecule has 0 unspecified atom stereocenters. The normalized spacial score (nSPS) is 14.0. The van der Waals surface area contributed by atoms with Gasteiger partial charge in [0.25, 0.3) is 0 Å². The molecule has 2 heterocycles. The maximum Gasteiger partial charge on any atom is 0.171 e. The van der Waals surface area contributed by atoms with Crippen molar-refractivity contribution in [2.24, 2.45) is 0 Å².